The van der Waals surface area contributed by atoms with E-state index in [2.05, 4.69) is 34.6 Å². The number of allylic oxidation sites excluding steroid dienone is 2. The maximum Gasteiger partial charge on any atom is 0.153 e. The normalized spacial score (nSPS) is 18.4. The predicted molar refractivity (Wildman–Crippen MR) is 51.5 cm³/mol. The molecule has 0 amide bonds. The van der Waals surface area contributed by atoms with E-state index in [1.54, 1.807) is 0 Å². The number of nitrogens with zero attached hydrogens (tertiary/aromatic N) is 2. The summed E-state index contributed by atoms with van der Waals surface area (Å²) in [4.78, 5) is 2.08. The summed E-state index contributed by atoms with van der Waals surface area (Å²) in [5, 5.41) is 4.05. The lowest BCUT2D eigenvalue weighted by Crippen LogP contribution is -2.24. The van der Waals surface area contributed by atoms with Crippen molar-refractivity contribution >= 4 is 5.84 Å². The van der Waals surface area contributed by atoms with Gasteiger partial charge in [0, 0.05) is 6.20 Å². The van der Waals surface area contributed by atoms with Crippen molar-refractivity contribution in [2.75, 3.05) is 6.67 Å². The average Bonchev–Trinajstić information content (AvgIpc) is 2.54. The fourth-order valence-corrected chi connectivity index (χ4v) is 1.08. The molecule has 0 aromatic carbocycles. The molecular weight excluding hydrogens is 150 g/mol. The third-order valence-electron chi connectivity index (χ3n) is 1.58. The lowest BCUT2D eigenvalue weighted by molar-refractivity contribution is 0.547. The van der Waals surface area contributed by atoms with Crippen LogP contribution in [0.5, 0.6) is 0 Å². The third-order valence-corrected chi connectivity index (χ3v) is 1.58. The summed E-state index contributed by atoms with van der Waals surface area (Å²) in [6, 6.07) is 0. The number of hydrogen-bond donors (Lipinski definition) is 1. The Morgan fingerprint density at radius 2 is 2.17 bits per heavy atom. The van der Waals surface area contributed by atoms with Crippen LogP contribution in [0.3, 0.4) is 0 Å². The van der Waals surface area contributed by atoms with Crippen LogP contribution in [0.25, 0.3) is 0 Å². The van der Waals surface area contributed by atoms with E-state index in [0.29, 0.717) is 0 Å². The Morgan fingerprint density at radius 3 is 2.92 bits per heavy atom. The van der Waals surface area contributed by atoms with Crippen LogP contribution >= 0.6 is 0 Å². The first kappa shape index (κ1) is 8.84. The number of amidine groups is 1. The molecule has 0 aliphatic carbocycles. The van der Waals surface area contributed by atoms with Gasteiger partial charge in [0.05, 0.1) is 0 Å². The van der Waals surface area contributed by atoms with Gasteiger partial charge in [-0.15, -0.1) is 0 Å². The first-order valence-corrected chi connectivity index (χ1v) is 4.30. The molecule has 0 saturated carbocycles. The number of nitrogens with one attached hydrogen (secondary N) is 1. The van der Waals surface area contributed by atoms with Gasteiger partial charge in [0.15, 0.2) is 5.84 Å². The zero-order chi connectivity index (χ0) is 8.97. The molecule has 0 unspecified atom stereocenters. The molecule has 3 heteroatoms. The predicted octanol–water partition coefficient (Wildman–Crippen LogP) is 1.66. The van der Waals surface area contributed by atoms with Crippen LogP contribution in [0, 0.1) is 0 Å². The molecule has 3 nitrogen and oxygen atoms in total. The maximum atomic E-state index is 4.05. The fraction of sp³-hybridized carbons (Fsp3) is 0.444. The van der Waals surface area contributed by atoms with E-state index in [1.807, 2.05) is 19.9 Å². The summed E-state index contributed by atoms with van der Waals surface area (Å²) >= 11 is 0. The van der Waals surface area contributed by atoms with Gasteiger partial charge in [-0.05, 0) is 18.6 Å². The minimum atomic E-state index is 0.803. The first-order chi connectivity index (χ1) is 5.86. The van der Waals surface area contributed by atoms with E-state index >= 15 is 0 Å². The molecule has 12 heavy (non-hydrogen) atoms. The summed E-state index contributed by atoms with van der Waals surface area (Å²) in [7, 11) is 0. The lowest BCUT2D eigenvalue weighted by Gasteiger charge is -2.15. The Balaban J connectivity index is 0.000000336. The van der Waals surface area contributed by atoms with Crippen LogP contribution in [-0.2, 0) is 0 Å². The van der Waals surface area contributed by atoms with E-state index in [0.717, 1.165) is 12.5 Å². The second kappa shape index (κ2) is 3.95. The number of rotatable bonds is 0. The molecule has 0 aromatic heterocycles. The molecule has 0 bridgehead atoms. The molecule has 0 saturated heterocycles. The molecule has 0 fully saturated rings. The summed E-state index contributed by atoms with van der Waals surface area (Å²) in [5.41, 5.74) is 4.17. The van der Waals surface area contributed by atoms with Crippen molar-refractivity contribution in [3.63, 3.8) is 0 Å². The molecule has 2 aliphatic rings. The number of hydrazone groups is 1. The monoisotopic (exact) mass is 165 g/mol. The van der Waals surface area contributed by atoms with Crippen LogP contribution in [-0.4, -0.2) is 17.4 Å². The molecule has 0 atom stereocenters. The lowest BCUT2D eigenvalue weighted by atomic mass is 10.2. The van der Waals surface area contributed by atoms with Crippen molar-refractivity contribution < 1.29 is 0 Å². The Kier molecular flexibility index (Phi) is 2.91. The van der Waals surface area contributed by atoms with Gasteiger partial charge in [-0.25, -0.2) is 0 Å². The van der Waals surface area contributed by atoms with E-state index in [1.165, 1.54) is 5.57 Å². The second-order valence-electron chi connectivity index (χ2n) is 2.46. The molecular formula is C9H15N3. The zero-order valence-electron chi connectivity index (χ0n) is 7.83. The van der Waals surface area contributed by atoms with Crippen LogP contribution in [0.1, 0.15) is 20.8 Å². The minimum absolute atomic E-state index is 0.803. The summed E-state index contributed by atoms with van der Waals surface area (Å²) in [6.45, 7) is 6.88. The first-order valence-electron chi connectivity index (χ1n) is 4.30. The van der Waals surface area contributed by atoms with Gasteiger partial charge in [0.2, 0.25) is 0 Å². The maximum absolute atomic E-state index is 4.05. The number of hydrogen-bond acceptors (Lipinski definition) is 3. The Labute approximate surface area is 73.4 Å². The smallest absolute Gasteiger partial charge is 0.153 e. The van der Waals surface area contributed by atoms with Crippen LogP contribution in [0.2, 0.25) is 0 Å². The highest BCUT2D eigenvalue weighted by Gasteiger charge is 2.13. The van der Waals surface area contributed by atoms with Crippen LogP contribution < -0.4 is 5.43 Å². The summed E-state index contributed by atoms with van der Waals surface area (Å²) in [5.74, 6) is 1.01. The highest BCUT2D eigenvalue weighted by Crippen LogP contribution is 2.10. The van der Waals surface area contributed by atoms with Crippen molar-refractivity contribution in [3.8, 4) is 0 Å². The van der Waals surface area contributed by atoms with E-state index < -0.39 is 0 Å². The topological polar surface area (TPSA) is 27.6 Å². The molecule has 66 valence electrons. The highest BCUT2D eigenvalue weighted by atomic mass is 15.5. The van der Waals surface area contributed by atoms with Crippen LogP contribution in [0.4, 0.5) is 0 Å². The number of fused-ring (bicyclic) bond motifs is 1. The molecule has 2 rings (SSSR count). The fourth-order valence-electron chi connectivity index (χ4n) is 1.08. The van der Waals surface area contributed by atoms with Crippen LogP contribution in [0.15, 0.2) is 29.0 Å². The van der Waals surface area contributed by atoms with Gasteiger partial charge in [0.1, 0.15) is 6.67 Å². The largest absolute Gasteiger partial charge is 0.312 e. The summed E-state index contributed by atoms with van der Waals surface area (Å²) < 4.78 is 0. The van der Waals surface area contributed by atoms with Crippen molar-refractivity contribution in [1.29, 1.82) is 0 Å². The van der Waals surface area contributed by atoms with Gasteiger partial charge in [-0.3, -0.25) is 5.43 Å². The zero-order valence-corrected chi connectivity index (χ0v) is 7.83. The Hall–Kier alpha value is -1.25. The Morgan fingerprint density at radius 1 is 1.42 bits per heavy atom. The van der Waals surface area contributed by atoms with Gasteiger partial charge in [-0.2, -0.15) is 5.10 Å². The third kappa shape index (κ3) is 1.67. The van der Waals surface area contributed by atoms with E-state index in [-0.39, 0.29) is 0 Å². The summed E-state index contributed by atoms with van der Waals surface area (Å²) in [6.07, 6.45) is 6.15. The van der Waals surface area contributed by atoms with E-state index in [9.17, 15) is 0 Å². The van der Waals surface area contributed by atoms with Gasteiger partial charge in [-0.1, -0.05) is 19.9 Å². The van der Waals surface area contributed by atoms with Gasteiger partial charge in [0.25, 0.3) is 0 Å². The quantitative estimate of drug-likeness (QED) is 0.591. The second-order valence-corrected chi connectivity index (χ2v) is 2.46. The van der Waals surface area contributed by atoms with Gasteiger partial charge >= 0.3 is 0 Å². The molecule has 2 aliphatic heterocycles. The van der Waals surface area contributed by atoms with Crippen molar-refractivity contribution in [1.82, 2.24) is 10.3 Å². The van der Waals surface area contributed by atoms with Crippen molar-refractivity contribution in [2.45, 2.75) is 20.8 Å². The SMILES string of the molecule is CC.CC1=CN2CNN=C2C=C1. The van der Waals surface area contributed by atoms with Crippen molar-refractivity contribution in [3.05, 3.63) is 23.9 Å². The molecule has 0 aromatic rings. The van der Waals surface area contributed by atoms with Gasteiger partial charge < -0.3 is 4.90 Å². The molecule has 1 N–H and O–H groups in total. The average molecular weight is 165 g/mol. The minimum Gasteiger partial charge on any atom is -0.312 e. The standard InChI is InChI=1S/C7H9N3.C2H6/c1-6-2-3-7-9-8-5-10(7)4-6;1-2/h2-4,8H,5H2,1H3;1-2H3. The molecule has 0 spiro atoms. The van der Waals surface area contributed by atoms with E-state index in [4.69, 9.17) is 0 Å². The Bertz CT molecular complexity index is 238. The highest BCUT2D eigenvalue weighted by molar-refractivity contribution is 5.95. The van der Waals surface area contributed by atoms with Crippen molar-refractivity contribution in [2.24, 2.45) is 5.10 Å². The molecule has 0 radical (unpaired) electrons. The molecule has 2 heterocycles.